The number of hydrogen-bond donors (Lipinski definition) is 1. The lowest BCUT2D eigenvalue weighted by Crippen LogP contribution is -2.47. The van der Waals surface area contributed by atoms with Crippen molar-refractivity contribution in [1.29, 1.82) is 0 Å². The van der Waals surface area contributed by atoms with E-state index in [1.807, 2.05) is 6.92 Å². The minimum absolute atomic E-state index is 0.116. The van der Waals surface area contributed by atoms with Crippen LogP contribution in [0.25, 0.3) is 0 Å². The van der Waals surface area contributed by atoms with Gasteiger partial charge in [-0.05, 0) is 32.9 Å². The van der Waals surface area contributed by atoms with Crippen molar-refractivity contribution in [2.75, 3.05) is 27.9 Å². The van der Waals surface area contributed by atoms with Crippen molar-refractivity contribution in [2.24, 2.45) is 0 Å². The third-order valence-corrected chi connectivity index (χ3v) is 3.60. The van der Waals surface area contributed by atoms with Gasteiger partial charge in [-0.2, -0.15) is 0 Å². The van der Waals surface area contributed by atoms with Crippen LogP contribution in [0.5, 0.6) is 11.5 Å². The minimum atomic E-state index is -0.636. The van der Waals surface area contributed by atoms with Crippen molar-refractivity contribution in [1.82, 2.24) is 4.90 Å². The summed E-state index contributed by atoms with van der Waals surface area (Å²) < 4.78 is 10.5. The fourth-order valence-corrected chi connectivity index (χ4v) is 1.78. The number of aliphatic hydroxyl groups is 1. The predicted octanol–water partition coefficient (Wildman–Crippen LogP) is 1.86. The first-order valence-corrected chi connectivity index (χ1v) is 6.40. The van der Waals surface area contributed by atoms with E-state index in [4.69, 9.17) is 9.47 Å². The van der Waals surface area contributed by atoms with E-state index in [1.54, 1.807) is 47.2 Å². The molecule has 20 heavy (non-hydrogen) atoms. The number of benzene rings is 1. The molecule has 0 unspecified atom stereocenters. The highest BCUT2D eigenvalue weighted by atomic mass is 16.5. The van der Waals surface area contributed by atoms with Gasteiger partial charge < -0.3 is 19.5 Å². The zero-order valence-electron chi connectivity index (χ0n) is 13.0. The number of likely N-dealkylation sites (N-methyl/N-ethyl adjacent to an activating group) is 1. The molecule has 0 saturated carbocycles. The number of amides is 1. The smallest absolute Gasteiger partial charge is 0.254 e. The molecule has 0 atom stereocenters. The normalized spacial score (nSPS) is 11.2. The molecule has 0 heterocycles. The predicted molar refractivity (Wildman–Crippen MR) is 77.5 cm³/mol. The largest absolute Gasteiger partial charge is 0.496 e. The Kier molecular flexibility index (Phi) is 5.00. The Labute approximate surface area is 120 Å². The van der Waals surface area contributed by atoms with Gasteiger partial charge >= 0.3 is 0 Å². The number of hydrogen-bond acceptors (Lipinski definition) is 4. The molecule has 0 saturated heterocycles. The maximum Gasteiger partial charge on any atom is 0.254 e. The van der Waals surface area contributed by atoms with Crippen LogP contribution >= 0.6 is 0 Å². The third-order valence-electron chi connectivity index (χ3n) is 3.60. The molecule has 0 aliphatic rings. The lowest BCUT2D eigenvalue weighted by atomic mass is 10.0. The third kappa shape index (κ3) is 3.04. The van der Waals surface area contributed by atoms with Crippen molar-refractivity contribution in [3.63, 3.8) is 0 Å². The van der Waals surface area contributed by atoms with Crippen molar-refractivity contribution < 1.29 is 19.4 Å². The molecule has 1 rings (SSSR count). The summed E-state index contributed by atoms with van der Waals surface area (Å²) in [5.41, 5.74) is 0.673. The molecule has 112 valence electrons. The molecular weight excluding hydrogens is 258 g/mol. The van der Waals surface area contributed by atoms with Gasteiger partial charge in [-0.3, -0.25) is 4.79 Å². The van der Waals surface area contributed by atoms with Crippen molar-refractivity contribution in [3.05, 3.63) is 23.3 Å². The van der Waals surface area contributed by atoms with E-state index in [9.17, 15) is 9.90 Å². The lowest BCUT2D eigenvalue weighted by molar-refractivity contribution is 0.0472. The molecule has 5 nitrogen and oxygen atoms in total. The molecule has 0 aromatic heterocycles. The second kappa shape index (κ2) is 6.13. The Hall–Kier alpha value is -1.75. The molecule has 0 bridgehead atoms. The summed E-state index contributed by atoms with van der Waals surface area (Å²) >= 11 is 0. The fourth-order valence-electron chi connectivity index (χ4n) is 1.78. The average molecular weight is 281 g/mol. The molecule has 0 radical (unpaired) electrons. The van der Waals surface area contributed by atoms with E-state index in [0.717, 1.165) is 5.56 Å². The number of aliphatic hydroxyl groups excluding tert-OH is 1. The quantitative estimate of drug-likeness (QED) is 0.895. The molecule has 0 spiro atoms. The van der Waals surface area contributed by atoms with Crippen LogP contribution in [-0.2, 0) is 0 Å². The Bertz CT molecular complexity index is 472. The second-order valence-corrected chi connectivity index (χ2v) is 5.34. The van der Waals surface area contributed by atoms with E-state index in [1.165, 1.54) is 4.90 Å². The molecule has 1 aromatic carbocycles. The summed E-state index contributed by atoms with van der Waals surface area (Å²) in [5, 5.41) is 9.36. The molecule has 0 fully saturated rings. The summed E-state index contributed by atoms with van der Waals surface area (Å²) in [5.74, 6) is 1.01. The molecule has 1 aromatic rings. The van der Waals surface area contributed by atoms with Crippen LogP contribution < -0.4 is 9.47 Å². The van der Waals surface area contributed by atoms with E-state index in [0.29, 0.717) is 17.1 Å². The summed E-state index contributed by atoms with van der Waals surface area (Å²) in [7, 11) is 4.77. The molecule has 0 aliphatic carbocycles. The van der Waals surface area contributed by atoms with Crippen LogP contribution in [0.4, 0.5) is 0 Å². The molecule has 1 amide bonds. The van der Waals surface area contributed by atoms with Crippen molar-refractivity contribution >= 4 is 5.91 Å². The van der Waals surface area contributed by atoms with Gasteiger partial charge in [-0.1, -0.05) is 0 Å². The van der Waals surface area contributed by atoms with Crippen LogP contribution in [0.2, 0.25) is 0 Å². The lowest BCUT2D eigenvalue weighted by Gasteiger charge is -2.34. The number of rotatable bonds is 5. The van der Waals surface area contributed by atoms with Crippen LogP contribution in [0.1, 0.15) is 29.8 Å². The van der Waals surface area contributed by atoms with Crippen LogP contribution in [0, 0.1) is 6.92 Å². The van der Waals surface area contributed by atoms with Gasteiger partial charge in [0.25, 0.3) is 5.91 Å². The Morgan fingerprint density at radius 1 is 1.25 bits per heavy atom. The van der Waals surface area contributed by atoms with Gasteiger partial charge in [0, 0.05) is 18.2 Å². The van der Waals surface area contributed by atoms with E-state index in [-0.39, 0.29) is 12.5 Å². The van der Waals surface area contributed by atoms with Crippen molar-refractivity contribution in [3.8, 4) is 11.5 Å². The van der Waals surface area contributed by atoms with E-state index in [2.05, 4.69) is 0 Å². The van der Waals surface area contributed by atoms with Gasteiger partial charge in [0.15, 0.2) is 0 Å². The van der Waals surface area contributed by atoms with Gasteiger partial charge in [0.05, 0.1) is 26.4 Å². The van der Waals surface area contributed by atoms with Crippen LogP contribution in [-0.4, -0.2) is 49.3 Å². The first-order chi connectivity index (χ1) is 9.28. The number of methoxy groups -OCH3 is 2. The maximum absolute atomic E-state index is 12.5. The van der Waals surface area contributed by atoms with Gasteiger partial charge in [-0.25, -0.2) is 0 Å². The van der Waals surface area contributed by atoms with Gasteiger partial charge in [0.1, 0.15) is 11.5 Å². The average Bonchev–Trinajstić information content (AvgIpc) is 2.45. The van der Waals surface area contributed by atoms with Crippen LogP contribution in [0.3, 0.4) is 0 Å². The maximum atomic E-state index is 12.5. The monoisotopic (exact) mass is 281 g/mol. The first-order valence-electron chi connectivity index (χ1n) is 6.40. The zero-order chi connectivity index (χ0) is 15.5. The SMILES string of the molecule is COc1cc(C(=O)N(C)C(C)(C)CO)cc(OC)c1C. The number of nitrogens with zero attached hydrogens (tertiary/aromatic N) is 1. The Morgan fingerprint density at radius 2 is 1.70 bits per heavy atom. The summed E-state index contributed by atoms with van der Waals surface area (Å²) in [6.07, 6.45) is 0. The standard InChI is InChI=1S/C15H23NO4/c1-10-12(19-5)7-11(8-13(10)20-6)14(18)16(4)15(2,3)9-17/h7-8,17H,9H2,1-6H3. The highest BCUT2D eigenvalue weighted by Crippen LogP contribution is 2.30. The van der Waals surface area contributed by atoms with E-state index < -0.39 is 5.54 Å². The summed E-state index contributed by atoms with van der Waals surface area (Å²) in [4.78, 5) is 14.0. The highest BCUT2D eigenvalue weighted by molar-refractivity contribution is 5.95. The molecule has 5 heteroatoms. The van der Waals surface area contributed by atoms with Crippen LogP contribution in [0.15, 0.2) is 12.1 Å². The van der Waals surface area contributed by atoms with Crippen molar-refractivity contribution in [2.45, 2.75) is 26.3 Å². The second-order valence-electron chi connectivity index (χ2n) is 5.34. The molecular formula is C15H23NO4. The molecule has 1 N–H and O–H groups in total. The Morgan fingerprint density at radius 3 is 2.05 bits per heavy atom. The number of carbonyl (C=O) groups is 1. The summed E-state index contributed by atoms with van der Waals surface area (Å²) in [6.45, 7) is 5.35. The zero-order valence-corrected chi connectivity index (χ0v) is 13.0. The van der Waals surface area contributed by atoms with Gasteiger partial charge in [0.2, 0.25) is 0 Å². The molecule has 0 aliphatic heterocycles. The highest BCUT2D eigenvalue weighted by Gasteiger charge is 2.28. The summed E-state index contributed by atoms with van der Waals surface area (Å²) in [6, 6.07) is 3.37. The fraction of sp³-hybridized carbons (Fsp3) is 0.533. The Balaban J connectivity index is 3.23. The van der Waals surface area contributed by atoms with E-state index >= 15 is 0 Å². The topological polar surface area (TPSA) is 59.0 Å². The number of ether oxygens (including phenoxy) is 2. The van der Waals surface area contributed by atoms with Gasteiger partial charge in [-0.15, -0.1) is 0 Å². The first kappa shape index (κ1) is 16.3. The number of carbonyl (C=O) groups excluding carboxylic acids is 1. The minimum Gasteiger partial charge on any atom is -0.496 e.